The molecule has 0 radical (unpaired) electrons. The Balaban J connectivity index is 1.75. The lowest BCUT2D eigenvalue weighted by Crippen LogP contribution is -2.30. The predicted octanol–water partition coefficient (Wildman–Crippen LogP) is 3.98. The maximum atomic E-state index is 13.4. The van der Waals surface area contributed by atoms with Gasteiger partial charge in [0.15, 0.2) is 11.5 Å². The molecule has 0 aliphatic heterocycles. The number of hydrogen-bond donors (Lipinski definition) is 2. The zero-order chi connectivity index (χ0) is 23.5. The van der Waals surface area contributed by atoms with E-state index in [1.165, 1.54) is 9.20 Å². The monoisotopic (exact) mass is 547 g/mol. The molecule has 2 amide bonds. The Bertz CT molecular complexity index is 1350. The minimum atomic E-state index is -0.484. The molecule has 2 N–H and O–H groups in total. The lowest BCUT2D eigenvalue weighted by molar-refractivity contribution is 0.0949. The van der Waals surface area contributed by atoms with Gasteiger partial charge in [-0.15, -0.1) is 0 Å². The molecule has 0 bridgehead atoms. The van der Waals surface area contributed by atoms with Crippen LogP contribution in [0.25, 0.3) is 11.3 Å². The van der Waals surface area contributed by atoms with Gasteiger partial charge in [-0.3, -0.25) is 9.59 Å². The summed E-state index contributed by atoms with van der Waals surface area (Å²) in [4.78, 5) is 30.7. The Hall–Kier alpha value is -2.89. The summed E-state index contributed by atoms with van der Waals surface area (Å²) < 4.78 is 3.30. The Morgan fingerprint density at radius 1 is 1.21 bits per heavy atom. The Kier molecular flexibility index (Phi) is 7.01. The smallest absolute Gasteiger partial charge is 0.274 e. The number of amides is 2. The van der Waals surface area contributed by atoms with E-state index >= 15 is 0 Å². The van der Waals surface area contributed by atoms with Crippen LogP contribution in [0.3, 0.4) is 0 Å². The number of nitrogens with one attached hydrogen (secondary N) is 2. The van der Waals surface area contributed by atoms with Gasteiger partial charge in [-0.2, -0.15) is 22.0 Å². The number of pyridine rings is 2. The molecule has 0 unspecified atom stereocenters. The summed E-state index contributed by atoms with van der Waals surface area (Å²) in [5.41, 5.74) is 2.25. The number of nitrogens with zero attached hydrogens (tertiary/aromatic N) is 5. The van der Waals surface area contributed by atoms with Crippen LogP contribution in [0.1, 0.15) is 26.5 Å². The molecular formula is C21H19BrClN7O2S. The quantitative estimate of drug-likeness (QED) is 0.338. The topological polar surface area (TPSA) is 106 Å². The van der Waals surface area contributed by atoms with Crippen LogP contribution in [0.2, 0.25) is 5.02 Å². The molecule has 4 heterocycles. The standard InChI is InChI=1S/C21H19BrClN7O2S/c1-12-10-13-5-7-26-29(13)18(21(32)25-8-9-33-2)17(12)27-20(31)15-11-16(22)28-30(15)19-14(23)4-3-6-24-19/h3-7,10-11H,8-9H2,1-2H3,(H,25,32)(H,27,31). The Morgan fingerprint density at radius 3 is 2.79 bits per heavy atom. The van der Waals surface area contributed by atoms with Crippen LogP contribution in [0.15, 0.2) is 47.3 Å². The molecule has 9 nitrogen and oxygen atoms in total. The summed E-state index contributed by atoms with van der Waals surface area (Å²) in [5.74, 6) is 0.255. The van der Waals surface area contributed by atoms with Gasteiger partial charge < -0.3 is 10.6 Å². The number of fused-ring (bicyclic) bond motifs is 1. The molecule has 4 aromatic heterocycles. The van der Waals surface area contributed by atoms with Crippen LogP contribution >= 0.6 is 39.3 Å². The zero-order valence-electron chi connectivity index (χ0n) is 17.7. The molecule has 0 spiro atoms. The van der Waals surface area contributed by atoms with Crippen LogP contribution in [-0.2, 0) is 0 Å². The van der Waals surface area contributed by atoms with Gasteiger partial charge in [-0.1, -0.05) is 11.6 Å². The molecular weight excluding hydrogens is 530 g/mol. The summed E-state index contributed by atoms with van der Waals surface area (Å²) in [5, 5.41) is 14.7. The molecule has 0 fully saturated rings. The second-order valence-electron chi connectivity index (χ2n) is 6.99. The number of anilines is 1. The maximum absolute atomic E-state index is 13.4. The summed E-state index contributed by atoms with van der Waals surface area (Å²) in [6, 6.07) is 8.56. The summed E-state index contributed by atoms with van der Waals surface area (Å²) >= 11 is 11.2. The molecule has 0 aromatic carbocycles. The van der Waals surface area contributed by atoms with E-state index in [1.807, 2.05) is 19.2 Å². The highest BCUT2D eigenvalue weighted by Gasteiger charge is 2.24. The van der Waals surface area contributed by atoms with Crippen molar-refractivity contribution in [2.75, 3.05) is 23.9 Å². The first-order valence-electron chi connectivity index (χ1n) is 9.83. The summed E-state index contributed by atoms with van der Waals surface area (Å²) in [6.07, 6.45) is 5.13. The number of thioether (sulfide) groups is 1. The highest BCUT2D eigenvalue weighted by Crippen LogP contribution is 2.26. The van der Waals surface area contributed by atoms with Crippen molar-refractivity contribution in [1.82, 2.24) is 29.7 Å². The number of carbonyl (C=O) groups excluding carboxylic acids is 2. The highest BCUT2D eigenvalue weighted by molar-refractivity contribution is 9.10. The van der Waals surface area contributed by atoms with Crippen molar-refractivity contribution >= 4 is 62.3 Å². The van der Waals surface area contributed by atoms with Gasteiger partial charge in [0.25, 0.3) is 11.8 Å². The fourth-order valence-corrected chi connectivity index (χ4v) is 4.18. The molecule has 0 atom stereocenters. The molecule has 4 aromatic rings. The number of aromatic nitrogens is 5. The third-order valence-electron chi connectivity index (χ3n) is 4.78. The van der Waals surface area contributed by atoms with Crippen molar-refractivity contribution in [3.05, 3.63) is 69.3 Å². The molecule has 0 aliphatic carbocycles. The second-order valence-corrected chi connectivity index (χ2v) is 9.20. The Labute approximate surface area is 207 Å². The maximum Gasteiger partial charge on any atom is 0.274 e. The molecule has 0 saturated heterocycles. The van der Waals surface area contributed by atoms with Gasteiger partial charge in [-0.05, 0) is 58.9 Å². The summed E-state index contributed by atoms with van der Waals surface area (Å²) in [6.45, 7) is 2.31. The first-order valence-corrected chi connectivity index (χ1v) is 12.4. The number of hydrogen-bond acceptors (Lipinski definition) is 6. The van der Waals surface area contributed by atoms with Crippen LogP contribution in [0.5, 0.6) is 0 Å². The Morgan fingerprint density at radius 2 is 2.03 bits per heavy atom. The van der Waals surface area contributed by atoms with Gasteiger partial charge in [-0.25, -0.2) is 14.2 Å². The van der Waals surface area contributed by atoms with Gasteiger partial charge in [0.1, 0.15) is 10.3 Å². The van der Waals surface area contributed by atoms with E-state index in [4.69, 9.17) is 11.6 Å². The lowest BCUT2D eigenvalue weighted by Gasteiger charge is -2.16. The number of rotatable bonds is 7. The minimum absolute atomic E-state index is 0.191. The zero-order valence-corrected chi connectivity index (χ0v) is 20.8. The molecule has 33 heavy (non-hydrogen) atoms. The van der Waals surface area contributed by atoms with Gasteiger partial charge in [0.2, 0.25) is 0 Å². The van der Waals surface area contributed by atoms with Crippen molar-refractivity contribution in [3.63, 3.8) is 0 Å². The number of halogens is 2. The van der Waals surface area contributed by atoms with E-state index < -0.39 is 5.91 Å². The van der Waals surface area contributed by atoms with Crippen molar-refractivity contribution in [2.45, 2.75) is 6.92 Å². The largest absolute Gasteiger partial charge is 0.350 e. The fraction of sp³-hybridized carbons (Fsp3) is 0.190. The first kappa shape index (κ1) is 23.3. The average molecular weight is 549 g/mol. The average Bonchev–Trinajstić information content (AvgIpc) is 3.40. The third-order valence-corrected chi connectivity index (χ3v) is 6.07. The van der Waals surface area contributed by atoms with Crippen LogP contribution < -0.4 is 10.6 Å². The van der Waals surface area contributed by atoms with Crippen LogP contribution in [0.4, 0.5) is 5.69 Å². The first-order chi connectivity index (χ1) is 15.9. The van der Waals surface area contributed by atoms with E-state index in [2.05, 4.69) is 41.7 Å². The van der Waals surface area contributed by atoms with Gasteiger partial charge >= 0.3 is 0 Å². The lowest BCUT2D eigenvalue weighted by atomic mass is 10.1. The van der Waals surface area contributed by atoms with Crippen LogP contribution in [-0.4, -0.2) is 54.7 Å². The van der Waals surface area contributed by atoms with Gasteiger partial charge in [0, 0.05) is 24.6 Å². The predicted molar refractivity (Wildman–Crippen MR) is 133 cm³/mol. The molecule has 12 heteroatoms. The van der Waals surface area contributed by atoms with E-state index in [0.717, 1.165) is 11.3 Å². The minimum Gasteiger partial charge on any atom is -0.350 e. The van der Waals surface area contributed by atoms with Crippen molar-refractivity contribution in [2.24, 2.45) is 0 Å². The van der Waals surface area contributed by atoms with Crippen molar-refractivity contribution in [1.29, 1.82) is 0 Å². The molecule has 170 valence electrons. The number of carbonyl (C=O) groups is 2. The van der Waals surface area contributed by atoms with Crippen LogP contribution in [0, 0.1) is 6.92 Å². The van der Waals surface area contributed by atoms with E-state index in [-0.39, 0.29) is 17.3 Å². The van der Waals surface area contributed by atoms with Crippen molar-refractivity contribution in [3.8, 4) is 5.82 Å². The van der Waals surface area contributed by atoms with E-state index in [1.54, 1.807) is 48.4 Å². The number of aryl methyl sites for hydroxylation is 1. The highest BCUT2D eigenvalue weighted by atomic mass is 79.9. The van der Waals surface area contributed by atoms with E-state index in [9.17, 15) is 9.59 Å². The second kappa shape index (κ2) is 9.94. The SMILES string of the molecule is CSCCNC(=O)c1c(NC(=O)c2cc(Br)nn2-c2ncccc2Cl)c(C)cc2ccnn12. The fourth-order valence-electron chi connectivity index (χ4n) is 3.30. The normalized spacial score (nSPS) is 11.0. The molecule has 0 saturated carbocycles. The van der Waals surface area contributed by atoms with Gasteiger partial charge in [0.05, 0.1) is 22.4 Å². The van der Waals surface area contributed by atoms with E-state index in [0.29, 0.717) is 33.2 Å². The molecule has 0 aliphatic rings. The van der Waals surface area contributed by atoms with Crippen molar-refractivity contribution < 1.29 is 9.59 Å². The summed E-state index contributed by atoms with van der Waals surface area (Å²) in [7, 11) is 0. The third kappa shape index (κ3) is 4.75. The molecule has 4 rings (SSSR count).